The summed E-state index contributed by atoms with van der Waals surface area (Å²) in [5.41, 5.74) is 1.10. The van der Waals surface area contributed by atoms with E-state index in [1.54, 1.807) is 6.08 Å². The molecule has 0 bridgehead atoms. The Balaban J connectivity index is 2.49. The van der Waals surface area contributed by atoms with Gasteiger partial charge in [0.15, 0.2) is 0 Å². The van der Waals surface area contributed by atoms with Gasteiger partial charge in [0.25, 0.3) is 0 Å². The minimum atomic E-state index is 0.205. The van der Waals surface area contributed by atoms with Gasteiger partial charge in [-0.05, 0) is 26.7 Å². The van der Waals surface area contributed by atoms with E-state index < -0.39 is 0 Å². The van der Waals surface area contributed by atoms with Crippen LogP contribution in [0.2, 0.25) is 0 Å². The van der Waals surface area contributed by atoms with Crippen molar-refractivity contribution in [3.63, 3.8) is 0 Å². The highest BCUT2D eigenvalue weighted by molar-refractivity contribution is 5.88. The maximum Gasteiger partial charge on any atom is 0.246 e. The molecule has 0 radical (unpaired) electrons. The predicted octanol–water partition coefficient (Wildman–Crippen LogP) is 3.14. The Labute approximate surface area is 93.3 Å². The van der Waals surface area contributed by atoms with Crippen molar-refractivity contribution in [3.05, 3.63) is 11.6 Å². The average molecular weight is 209 g/mol. The number of amides is 1. The summed E-state index contributed by atoms with van der Waals surface area (Å²) < 4.78 is 0. The maximum absolute atomic E-state index is 11.8. The van der Waals surface area contributed by atoms with Gasteiger partial charge in [0, 0.05) is 19.2 Å². The number of nitrogens with zero attached hydrogens (tertiary/aromatic N) is 1. The zero-order chi connectivity index (χ0) is 11.1. The minimum absolute atomic E-state index is 0.205. The number of carbonyl (C=O) groups excluding carboxylic acids is 1. The number of hydrogen-bond acceptors (Lipinski definition) is 1. The third-order valence-electron chi connectivity index (χ3n) is 2.83. The van der Waals surface area contributed by atoms with Crippen LogP contribution in [0, 0.1) is 0 Å². The quantitative estimate of drug-likeness (QED) is 0.608. The molecule has 1 aliphatic heterocycles. The standard InChI is InChI=1S/C13H23NO/c1-12(2)11-13(15)14-9-7-5-3-4-6-8-10-14/h11H,3-10H2,1-2H3. The van der Waals surface area contributed by atoms with Gasteiger partial charge in [-0.15, -0.1) is 0 Å². The van der Waals surface area contributed by atoms with Crippen molar-refractivity contribution in [1.82, 2.24) is 4.90 Å². The molecule has 0 aromatic rings. The molecule has 1 rings (SSSR count). The van der Waals surface area contributed by atoms with E-state index in [-0.39, 0.29) is 5.91 Å². The van der Waals surface area contributed by atoms with Crippen LogP contribution < -0.4 is 0 Å². The van der Waals surface area contributed by atoms with E-state index >= 15 is 0 Å². The molecule has 0 aromatic heterocycles. The van der Waals surface area contributed by atoms with Crippen molar-refractivity contribution >= 4 is 5.91 Å². The second-order valence-corrected chi connectivity index (χ2v) is 4.67. The molecule has 2 heteroatoms. The molecular weight excluding hydrogens is 186 g/mol. The zero-order valence-electron chi connectivity index (χ0n) is 10.1. The zero-order valence-corrected chi connectivity index (χ0v) is 10.1. The van der Waals surface area contributed by atoms with E-state index in [1.165, 1.54) is 38.5 Å². The van der Waals surface area contributed by atoms with Crippen LogP contribution in [0.1, 0.15) is 52.4 Å². The number of carbonyl (C=O) groups is 1. The van der Waals surface area contributed by atoms with Gasteiger partial charge >= 0.3 is 0 Å². The molecule has 2 nitrogen and oxygen atoms in total. The molecule has 0 unspecified atom stereocenters. The van der Waals surface area contributed by atoms with Gasteiger partial charge in [0.2, 0.25) is 5.91 Å². The Bertz CT molecular complexity index is 219. The van der Waals surface area contributed by atoms with Crippen molar-refractivity contribution in [2.45, 2.75) is 52.4 Å². The number of hydrogen-bond donors (Lipinski definition) is 0. The first-order chi connectivity index (χ1) is 7.20. The van der Waals surface area contributed by atoms with Crippen LogP contribution in [0.15, 0.2) is 11.6 Å². The predicted molar refractivity (Wildman–Crippen MR) is 63.7 cm³/mol. The topological polar surface area (TPSA) is 20.3 Å². The third-order valence-corrected chi connectivity index (χ3v) is 2.83. The van der Waals surface area contributed by atoms with Crippen molar-refractivity contribution < 1.29 is 4.79 Å². The summed E-state index contributed by atoms with van der Waals surface area (Å²) in [6, 6.07) is 0. The van der Waals surface area contributed by atoms with Gasteiger partial charge in [0.1, 0.15) is 0 Å². The van der Waals surface area contributed by atoms with Gasteiger partial charge in [0.05, 0.1) is 0 Å². The average Bonchev–Trinajstić information content (AvgIpc) is 2.29. The van der Waals surface area contributed by atoms with Gasteiger partial charge in [-0.3, -0.25) is 4.79 Å². The van der Waals surface area contributed by atoms with Gasteiger partial charge in [-0.1, -0.05) is 31.3 Å². The molecule has 86 valence electrons. The monoisotopic (exact) mass is 209 g/mol. The lowest BCUT2D eigenvalue weighted by atomic mass is 10.1. The molecular formula is C13H23NO. The van der Waals surface area contributed by atoms with E-state index in [2.05, 4.69) is 0 Å². The fourth-order valence-corrected chi connectivity index (χ4v) is 1.98. The highest BCUT2D eigenvalue weighted by atomic mass is 16.2. The fourth-order valence-electron chi connectivity index (χ4n) is 1.98. The van der Waals surface area contributed by atoms with Gasteiger partial charge in [-0.25, -0.2) is 0 Å². The Hall–Kier alpha value is -0.790. The fraction of sp³-hybridized carbons (Fsp3) is 0.769. The van der Waals surface area contributed by atoms with E-state index in [0.29, 0.717) is 0 Å². The molecule has 1 saturated heterocycles. The summed E-state index contributed by atoms with van der Waals surface area (Å²) in [5, 5.41) is 0. The molecule has 0 aromatic carbocycles. The van der Waals surface area contributed by atoms with Crippen LogP contribution in [0.4, 0.5) is 0 Å². The lowest BCUT2D eigenvalue weighted by molar-refractivity contribution is -0.126. The molecule has 15 heavy (non-hydrogen) atoms. The van der Waals surface area contributed by atoms with Gasteiger partial charge in [-0.2, -0.15) is 0 Å². The van der Waals surface area contributed by atoms with Crippen molar-refractivity contribution in [2.75, 3.05) is 13.1 Å². The highest BCUT2D eigenvalue weighted by Crippen LogP contribution is 2.11. The minimum Gasteiger partial charge on any atom is -0.339 e. The lowest BCUT2D eigenvalue weighted by Crippen LogP contribution is -2.31. The summed E-state index contributed by atoms with van der Waals surface area (Å²) >= 11 is 0. The molecule has 1 aliphatic rings. The molecule has 0 N–H and O–H groups in total. The summed E-state index contributed by atoms with van der Waals surface area (Å²) in [7, 11) is 0. The summed E-state index contributed by atoms with van der Waals surface area (Å²) in [6.45, 7) is 5.85. The van der Waals surface area contributed by atoms with E-state index in [4.69, 9.17) is 0 Å². The number of rotatable bonds is 1. The molecule has 1 heterocycles. The molecule has 1 amide bonds. The van der Waals surface area contributed by atoms with Gasteiger partial charge < -0.3 is 4.90 Å². The van der Waals surface area contributed by atoms with Crippen LogP contribution >= 0.6 is 0 Å². The first-order valence-electron chi connectivity index (χ1n) is 6.14. The highest BCUT2D eigenvalue weighted by Gasteiger charge is 2.11. The van der Waals surface area contributed by atoms with E-state index in [9.17, 15) is 4.79 Å². The van der Waals surface area contributed by atoms with E-state index in [1.807, 2.05) is 18.7 Å². The molecule has 0 atom stereocenters. The van der Waals surface area contributed by atoms with Crippen molar-refractivity contribution in [1.29, 1.82) is 0 Å². The maximum atomic E-state index is 11.8. The Morgan fingerprint density at radius 1 is 0.933 bits per heavy atom. The van der Waals surface area contributed by atoms with Crippen LogP contribution in [-0.4, -0.2) is 23.9 Å². The smallest absolute Gasteiger partial charge is 0.246 e. The van der Waals surface area contributed by atoms with Crippen LogP contribution in [-0.2, 0) is 4.79 Å². The Morgan fingerprint density at radius 3 is 1.87 bits per heavy atom. The van der Waals surface area contributed by atoms with Crippen LogP contribution in [0.5, 0.6) is 0 Å². The number of allylic oxidation sites excluding steroid dienone is 1. The first-order valence-corrected chi connectivity index (χ1v) is 6.14. The third kappa shape index (κ3) is 5.01. The Kier molecular flexibility index (Phi) is 5.44. The first kappa shape index (κ1) is 12.3. The lowest BCUT2D eigenvalue weighted by Gasteiger charge is -2.20. The van der Waals surface area contributed by atoms with Crippen LogP contribution in [0.3, 0.4) is 0 Å². The summed E-state index contributed by atoms with van der Waals surface area (Å²) in [4.78, 5) is 13.8. The van der Waals surface area contributed by atoms with E-state index in [0.717, 1.165) is 18.7 Å². The normalized spacial score (nSPS) is 18.7. The Morgan fingerprint density at radius 2 is 1.40 bits per heavy atom. The molecule has 0 aliphatic carbocycles. The second-order valence-electron chi connectivity index (χ2n) is 4.67. The summed E-state index contributed by atoms with van der Waals surface area (Å²) in [5.74, 6) is 0.205. The van der Waals surface area contributed by atoms with Crippen molar-refractivity contribution in [2.24, 2.45) is 0 Å². The SMILES string of the molecule is CC(C)=CC(=O)N1CCCCCCCC1. The molecule has 1 fully saturated rings. The summed E-state index contributed by atoms with van der Waals surface area (Å²) in [6.07, 6.45) is 9.33. The largest absolute Gasteiger partial charge is 0.339 e. The molecule has 0 saturated carbocycles. The van der Waals surface area contributed by atoms with Crippen LogP contribution in [0.25, 0.3) is 0 Å². The molecule has 0 spiro atoms. The van der Waals surface area contributed by atoms with Crippen molar-refractivity contribution in [3.8, 4) is 0 Å². The second kappa shape index (κ2) is 6.65.